The summed E-state index contributed by atoms with van der Waals surface area (Å²) in [6.07, 6.45) is -3.65. The highest BCUT2D eigenvalue weighted by atomic mass is 19.4. The molecule has 0 aromatic rings. The van der Waals surface area contributed by atoms with Gasteiger partial charge in [0.25, 0.3) is 0 Å². The molecule has 0 rings (SSSR count). The lowest BCUT2D eigenvalue weighted by Crippen LogP contribution is -2.46. The minimum absolute atomic E-state index is 0.00780. The fourth-order valence-corrected chi connectivity index (χ4v) is 1.01. The quantitative estimate of drug-likeness (QED) is 0.240. The fourth-order valence-electron chi connectivity index (χ4n) is 1.01. The molecule has 0 radical (unpaired) electrons. The Morgan fingerprint density at radius 3 is 2.56 bits per heavy atom. The number of guanidine groups is 1. The molecule has 0 fully saturated rings. The maximum atomic E-state index is 12.1. The van der Waals surface area contributed by atoms with Crippen molar-refractivity contribution in [3.63, 3.8) is 0 Å². The normalized spacial score (nSPS) is 12.8. The molecule has 0 aliphatic rings. The summed E-state index contributed by atoms with van der Waals surface area (Å²) < 4.78 is 41.0. The standard InChI is InChI=1S/C8H17F3N4O/c1-15(6-8(9,10)11)7(14-12)13-4-3-5-16-2/h3-6,12H2,1-2H3,(H,13,14). The van der Waals surface area contributed by atoms with E-state index in [0.29, 0.717) is 19.6 Å². The van der Waals surface area contributed by atoms with Crippen molar-refractivity contribution in [3.05, 3.63) is 0 Å². The number of hydrogen-bond acceptors (Lipinski definition) is 3. The Morgan fingerprint density at radius 2 is 2.12 bits per heavy atom. The molecular formula is C8H17F3N4O. The van der Waals surface area contributed by atoms with Gasteiger partial charge < -0.3 is 9.64 Å². The third kappa shape index (κ3) is 7.30. The summed E-state index contributed by atoms with van der Waals surface area (Å²) in [7, 11) is 2.81. The molecule has 0 aromatic heterocycles. The van der Waals surface area contributed by atoms with E-state index in [1.807, 2.05) is 0 Å². The molecule has 0 bridgehead atoms. The predicted octanol–water partition coefficient (Wildman–Crippen LogP) is 0.336. The minimum Gasteiger partial charge on any atom is -0.385 e. The topological polar surface area (TPSA) is 62.9 Å². The van der Waals surface area contributed by atoms with Gasteiger partial charge >= 0.3 is 6.18 Å². The zero-order chi connectivity index (χ0) is 12.6. The minimum atomic E-state index is -4.28. The Kier molecular flexibility index (Phi) is 6.82. The summed E-state index contributed by atoms with van der Waals surface area (Å²) in [6.45, 7) is -0.236. The average Bonchev–Trinajstić information content (AvgIpc) is 2.15. The first-order valence-corrected chi connectivity index (χ1v) is 4.68. The van der Waals surface area contributed by atoms with Crippen molar-refractivity contribution in [1.29, 1.82) is 0 Å². The molecule has 0 unspecified atom stereocenters. The number of nitrogens with zero attached hydrogens (tertiary/aromatic N) is 2. The van der Waals surface area contributed by atoms with Crippen molar-refractivity contribution in [2.45, 2.75) is 12.6 Å². The Labute approximate surface area is 92.4 Å². The molecule has 0 heterocycles. The molecular weight excluding hydrogens is 225 g/mol. The second-order valence-corrected chi connectivity index (χ2v) is 3.17. The van der Waals surface area contributed by atoms with Crippen LogP contribution >= 0.6 is 0 Å². The van der Waals surface area contributed by atoms with Crippen molar-refractivity contribution in [1.82, 2.24) is 10.3 Å². The van der Waals surface area contributed by atoms with Crippen LogP contribution in [0.25, 0.3) is 0 Å². The maximum Gasteiger partial charge on any atom is 0.406 e. The van der Waals surface area contributed by atoms with Gasteiger partial charge in [-0.1, -0.05) is 0 Å². The second kappa shape index (κ2) is 7.29. The molecule has 96 valence electrons. The van der Waals surface area contributed by atoms with E-state index in [1.54, 1.807) is 7.11 Å². The van der Waals surface area contributed by atoms with Crippen LogP contribution < -0.4 is 11.3 Å². The van der Waals surface area contributed by atoms with Gasteiger partial charge in [0.2, 0.25) is 5.96 Å². The van der Waals surface area contributed by atoms with Gasteiger partial charge in [-0.15, -0.1) is 0 Å². The van der Waals surface area contributed by atoms with Crippen molar-refractivity contribution in [3.8, 4) is 0 Å². The summed E-state index contributed by atoms with van der Waals surface area (Å²) in [4.78, 5) is 4.80. The second-order valence-electron chi connectivity index (χ2n) is 3.17. The highest BCUT2D eigenvalue weighted by molar-refractivity contribution is 5.79. The van der Waals surface area contributed by atoms with E-state index in [4.69, 9.17) is 10.6 Å². The van der Waals surface area contributed by atoms with E-state index >= 15 is 0 Å². The molecule has 8 heteroatoms. The number of rotatable bonds is 5. The predicted molar refractivity (Wildman–Crippen MR) is 54.8 cm³/mol. The van der Waals surface area contributed by atoms with Crippen LogP contribution in [0.15, 0.2) is 4.99 Å². The molecule has 0 aliphatic heterocycles. The number of ether oxygens (including phenoxy) is 1. The first kappa shape index (κ1) is 15.0. The number of nitrogens with two attached hydrogens (primary N) is 1. The first-order chi connectivity index (χ1) is 7.40. The molecule has 0 aromatic carbocycles. The van der Waals surface area contributed by atoms with Crippen LogP contribution in [-0.2, 0) is 4.74 Å². The molecule has 0 aliphatic carbocycles. The van der Waals surface area contributed by atoms with E-state index in [9.17, 15) is 13.2 Å². The summed E-state index contributed by atoms with van der Waals surface area (Å²) in [6, 6.07) is 0. The summed E-state index contributed by atoms with van der Waals surface area (Å²) in [5.74, 6) is 5.09. The van der Waals surface area contributed by atoms with Gasteiger partial charge in [0.15, 0.2) is 0 Å². The highest BCUT2D eigenvalue weighted by Gasteiger charge is 2.30. The van der Waals surface area contributed by atoms with Crippen LogP contribution in [0.4, 0.5) is 13.2 Å². The highest BCUT2D eigenvalue weighted by Crippen LogP contribution is 2.15. The summed E-state index contributed by atoms with van der Waals surface area (Å²) in [5, 5.41) is 0. The van der Waals surface area contributed by atoms with Crippen LogP contribution in [0.5, 0.6) is 0 Å². The molecule has 16 heavy (non-hydrogen) atoms. The fraction of sp³-hybridized carbons (Fsp3) is 0.875. The van der Waals surface area contributed by atoms with Gasteiger partial charge in [-0.2, -0.15) is 13.2 Å². The van der Waals surface area contributed by atoms with E-state index in [2.05, 4.69) is 10.4 Å². The lowest BCUT2D eigenvalue weighted by molar-refractivity contribution is -0.136. The Hall–Kier alpha value is -1.02. The molecule has 0 spiro atoms. The van der Waals surface area contributed by atoms with Crippen LogP contribution in [0.3, 0.4) is 0 Å². The summed E-state index contributed by atoms with van der Waals surface area (Å²) in [5.41, 5.74) is 2.14. The number of alkyl halides is 3. The van der Waals surface area contributed by atoms with Crippen LogP contribution in [-0.4, -0.2) is 50.9 Å². The van der Waals surface area contributed by atoms with Crippen LogP contribution in [0, 0.1) is 0 Å². The molecule has 0 saturated carbocycles. The average molecular weight is 242 g/mol. The van der Waals surface area contributed by atoms with Crippen molar-refractivity contribution in [2.24, 2.45) is 10.8 Å². The van der Waals surface area contributed by atoms with Crippen LogP contribution in [0.1, 0.15) is 6.42 Å². The van der Waals surface area contributed by atoms with Gasteiger partial charge in [0.05, 0.1) is 0 Å². The molecule has 3 N–H and O–H groups in total. The van der Waals surface area contributed by atoms with E-state index < -0.39 is 12.7 Å². The maximum absolute atomic E-state index is 12.1. The Bertz CT molecular complexity index is 220. The zero-order valence-corrected chi connectivity index (χ0v) is 9.34. The number of aliphatic imine (C=N–C) groups is 1. The molecule has 0 amide bonds. The van der Waals surface area contributed by atoms with Crippen molar-refractivity contribution in [2.75, 3.05) is 33.9 Å². The smallest absolute Gasteiger partial charge is 0.385 e. The lowest BCUT2D eigenvalue weighted by atomic mass is 10.4. The Balaban J connectivity index is 4.14. The SMILES string of the molecule is COCCCN=C(NN)N(C)CC(F)(F)F. The van der Waals surface area contributed by atoms with Gasteiger partial charge in [0.1, 0.15) is 6.54 Å². The number of hydrogen-bond donors (Lipinski definition) is 2. The molecule has 5 nitrogen and oxygen atoms in total. The lowest BCUT2D eigenvalue weighted by Gasteiger charge is -2.21. The Morgan fingerprint density at radius 1 is 1.50 bits per heavy atom. The van der Waals surface area contributed by atoms with Gasteiger partial charge in [-0.3, -0.25) is 10.4 Å². The number of nitrogens with one attached hydrogen (secondary N) is 1. The van der Waals surface area contributed by atoms with E-state index in [-0.39, 0.29) is 5.96 Å². The molecule has 0 atom stereocenters. The number of methoxy groups -OCH3 is 1. The van der Waals surface area contributed by atoms with Gasteiger partial charge in [-0.05, 0) is 6.42 Å². The third-order valence-electron chi connectivity index (χ3n) is 1.68. The molecule has 0 saturated heterocycles. The number of hydrazine groups is 1. The zero-order valence-electron chi connectivity index (χ0n) is 9.34. The van der Waals surface area contributed by atoms with Crippen molar-refractivity contribution >= 4 is 5.96 Å². The monoisotopic (exact) mass is 242 g/mol. The largest absolute Gasteiger partial charge is 0.406 e. The van der Waals surface area contributed by atoms with Gasteiger partial charge in [0, 0.05) is 27.3 Å². The first-order valence-electron chi connectivity index (χ1n) is 4.68. The van der Waals surface area contributed by atoms with E-state index in [0.717, 1.165) is 4.90 Å². The van der Waals surface area contributed by atoms with Crippen molar-refractivity contribution < 1.29 is 17.9 Å². The number of halogens is 3. The third-order valence-corrected chi connectivity index (χ3v) is 1.68. The van der Waals surface area contributed by atoms with Gasteiger partial charge in [-0.25, -0.2) is 5.84 Å². The van der Waals surface area contributed by atoms with Crippen LogP contribution in [0.2, 0.25) is 0 Å². The summed E-state index contributed by atoms with van der Waals surface area (Å²) >= 11 is 0. The van der Waals surface area contributed by atoms with E-state index in [1.165, 1.54) is 7.05 Å².